The number of carboxylic acid groups (broad SMARTS) is 1. The lowest BCUT2D eigenvalue weighted by Crippen LogP contribution is -2.67. The minimum Gasteiger partial charge on any atom is -0.478 e. The summed E-state index contributed by atoms with van der Waals surface area (Å²) in [4.78, 5) is 26.1. The number of aliphatic hydroxyl groups is 2. The Morgan fingerprint density at radius 3 is 2.13 bits per heavy atom. The number of esters is 1. The molecule has 4 saturated carbocycles. The van der Waals surface area contributed by atoms with Crippen LogP contribution in [0.3, 0.4) is 0 Å². The van der Waals surface area contributed by atoms with Gasteiger partial charge in [0, 0.05) is 5.92 Å². The second kappa shape index (κ2) is 10.5. The topological polar surface area (TPSA) is 113 Å². The van der Waals surface area contributed by atoms with E-state index in [0.717, 1.165) is 57.8 Å². The van der Waals surface area contributed by atoms with Crippen molar-refractivity contribution in [3.05, 3.63) is 35.4 Å². The maximum atomic E-state index is 14.0. The molecule has 0 amide bonds. The minimum atomic E-state index is -1.14. The normalized spacial score (nSPS) is 45.7. The van der Waals surface area contributed by atoms with Gasteiger partial charge in [0.25, 0.3) is 0 Å². The van der Waals surface area contributed by atoms with Gasteiger partial charge in [-0.05, 0) is 130 Å². The number of carbonyl (C=O) groups excluding carboxylic acids is 1. The van der Waals surface area contributed by atoms with E-state index < -0.39 is 29.2 Å². The number of aliphatic hydroxyl groups excluding tert-OH is 1. The van der Waals surface area contributed by atoms with Gasteiger partial charge in [-0.1, -0.05) is 46.8 Å². The van der Waals surface area contributed by atoms with Crippen molar-refractivity contribution in [1.82, 2.24) is 0 Å². The molecule has 6 rings (SSSR count). The van der Waals surface area contributed by atoms with E-state index in [0.29, 0.717) is 5.92 Å². The zero-order valence-electron chi connectivity index (χ0n) is 28.7. The molecule has 5 aliphatic rings. The zero-order chi connectivity index (χ0) is 33.0. The molecule has 1 heterocycles. The van der Waals surface area contributed by atoms with Gasteiger partial charge in [0.15, 0.2) is 0 Å². The predicted molar refractivity (Wildman–Crippen MR) is 172 cm³/mol. The molecular weight excluding hydrogens is 568 g/mol. The van der Waals surface area contributed by atoms with Crippen LogP contribution in [0.5, 0.6) is 0 Å². The second-order valence-corrected chi connectivity index (χ2v) is 17.7. The third-order valence-corrected chi connectivity index (χ3v) is 14.9. The molecule has 7 heteroatoms. The lowest BCUT2D eigenvalue weighted by Gasteiger charge is -2.70. The third kappa shape index (κ3) is 4.76. The highest BCUT2D eigenvalue weighted by Gasteiger charge is 2.72. The van der Waals surface area contributed by atoms with E-state index in [1.165, 1.54) is 6.07 Å². The van der Waals surface area contributed by atoms with Crippen molar-refractivity contribution in [3.63, 3.8) is 0 Å². The predicted octanol–water partition coefficient (Wildman–Crippen LogP) is 7.27. The van der Waals surface area contributed by atoms with Gasteiger partial charge in [-0.3, -0.25) is 0 Å². The Kier molecular flexibility index (Phi) is 7.71. The van der Waals surface area contributed by atoms with Crippen LogP contribution in [0, 0.1) is 45.3 Å². The van der Waals surface area contributed by atoms with Gasteiger partial charge >= 0.3 is 11.9 Å². The first-order valence-electron chi connectivity index (χ1n) is 17.4. The Morgan fingerprint density at radius 2 is 1.51 bits per heavy atom. The number of aromatic carboxylic acids is 1. The summed E-state index contributed by atoms with van der Waals surface area (Å²) in [6, 6.07) is 6.35. The first kappa shape index (κ1) is 33.0. The van der Waals surface area contributed by atoms with Crippen LogP contribution in [0.1, 0.15) is 134 Å². The van der Waals surface area contributed by atoms with E-state index in [1.807, 2.05) is 13.8 Å². The van der Waals surface area contributed by atoms with Crippen LogP contribution < -0.4 is 0 Å². The van der Waals surface area contributed by atoms with Crippen LogP contribution in [0.25, 0.3) is 0 Å². The Balaban J connectivity index is 1.43. The van der Waals surface area contributed by atoms with Crippen LogP contribution in [0.4, 0.5) is 0 Å². The number of carbonyl (C=O) groups is 2. The highest BCUT2D eigenvalue weighted by atomic mass is 16.5. The van der Waals surface area contributed by atoms with Crippen molar-refractivity contribution in [2.45, 2.75) is 143 Å². The van der Waals surface area contributed by atoms with Crippen molar-refractivity contribution in [2.24, 2.45) is 45.3 Å². The fraction of sp³-hybridized carbons (Fsp3) is 0.789. The molecule has 7 nitrogen and oxygen atoms in total. The SMILES string of the molecule is CC(C)(O)[C@H]1CC[C@@](C)([C@H]2CC[C@]3(C)[C@@H]2[C@H](OC(=O)c2ccccc2C(=O)O)C[C@@H]2[C@@]4(C)CC[C@H](O)C(C)(C)[C@@H]4CC[C@]23C)O1. The van der Waals surface area contributed by atoms with Crippen molar-refractivity contribution in [2.75, 3.05) is 0 Å². The molecule has 0 aromatic heterocycles. The molecule has 1 aromatic carbocycles. The summed E-state index contributed by atoms with van der Waals surface area (Å²) in [7, 11) is 0. The molecule has 3 N–H and O–H groups in total. The van der Waals surface area contributed by atoms with Crippen LogP contribution >= 0.6 is 0 Å². The molecule has 0 spiro atoms. The highest BCUT2D eigenvalue weighted by Crippen LogP contribution is 2.76. The van der Waals surface area contributed by atoms with Crippen LogP contribution in [0.15, 0.2) is 24.3 Å². The van der Waals surface area contributed by atoms with Crippen molar-refractivity contribution < 1.29 is 34.4 Å². The molecule has 1 saturated heterocycles. The minimum absolute atomic E-state index is 0.00251. The van der Waals surface area contributed by atoms with E-state index >= 15 is 0 Å². The first-order valence-corrected chi connectivity index (χ1v) is 17.4. The molecule has 5 fully saturated rings. The molecule has 0 radical (unpaired) electrons. The summed E-state index contributed by atoms with van der Waals surface area (Å²) in [5.41, 5.74) is -1.71. The molecule has 45 heavy (non-hydrogen) atoms. The molecule has 4 aliphatic carbocycles. The van der Waals surface area contributed by atoms with E-state index in [9.17, 15) is 24.9 Å². The summed E-state index contributed by atoms with van der Waals surface area (Å²) in [6.07, 6.45) is 7.20. The Labute approximate surface area is 269 Å². The van der Waals surface area contributed by atoms with E-state index in [-0.39, 0.29) is 62.7 Å². The maximum absolute atomic E-state index is 14.0. The number of benzene rings is 1. The Hall–Kier alpha value is -1.96. The fourth-order valence-corrected chi connectivity index (χ4v) is 12.2. The molecular formula is C38H56O7. The van der Waals surface area contributed by atoms with E-state index in [2.05, 4.69) is 41.5 Å². The zero-order valence-corrected chi connectivity index (χ0v) is 28.7. The molecule has 0 bridgehead atoms. The van der Waals surface area contributed by atoms with E-state index in [1.54, 1.807) is 18.2 Å². The van der Waals surface area contributed by atoms with Gasteiger partial charge in [-0.25, -0.2) is 9.59 Å². The third-order valence-electron chi connectivity index (χ3n) is 14.9. The number of ether oxygens (including phenoxy) is 2. The van der Waals surface area contributed by atoms with Crippen molar-refractivity contribution in [3.8, 4) is 0 Å². The van der Waals surface area contributed by atoms with Crippen LogP contribution in [0.2, 0.25) is 0 Å². The molecule has 11 atom stereocenters. The van der Waals surface area contributed by atoms with Crippen LogP contribution in [-0.2, 0) is 9.47 Å². The van der Waals surface area contributed by atoms with Gasteiger partial charge in [0.1, 0.15) is 6.10 Å². The van der Waals surface area contributed by atoms with Gasteiger partial charge in [-0.2, -0.15) is 0 Å². The number of hydrogen-bond donors (Lipinski definition) is 3. The number of fused-ring (bicyclic) bond motifs is 5. The quantitative estimate of drug-likeness (QED) is 0.295. The van der Waals surface area contributed by atoms with Crippen molar-refractivity contribution >= 4 is 11.9 Å². The summed E-state index contributed by atoms with van der Waals surface area (Å²) in [5, 5.41) is 31.9. The largest absolute Gasteiger partial charge is 0.478 e. The van der Waals surface area contributed by atoms with E-state index in [4.69, 9.17) is 9.47 Å². The molecule has 1 aliphatic heterocycles. The molecule has 1 aromatic rings. The Bertz CT molecular complexity index is 1350. The van der Waals surface area contributed by atoms with Gasteiger partial charge in [0.05, 0.1) is 34.5 Å². The summed E-state index contributed by atoms with van der Waals surface area (Å²) in [6.45, 7) is 17.7. The lowest BCUT2D eigenvalue weighted by molar-refractivity contribution is -0.248. The highest BCUT2D eigenvalue weighted by molar-refractivity contribution is 6.02. The maximum Gasteiger partial charge on any atom is 0.339 e. The van der Waals surface area contributed by atoms with Crippen molar-refractivity contribution in [1.29, 1.82) is 0 Å². The average molecular weight is 625 g/mol. The number of carboxylic acids is 1. The molecule has 250 valence electrons. The first-order chi connectivity index (χ1) is 20.8. The van der Waals surface area contributed by atoms with Gasteiger partial charge < -0.3 is 24.8 Å². The van der Waals surface area contributed by atoms with Gasteiger partial charge in [0.2, 0.25) is 0 Å². The second-order valence-electron chi connectivity index (χ2n) is 17.7. The summed E-state index contributed by atoms with van der Waals surface area (Å²) < 4.78 is 13.4. The fourth-order valence-electron chi connectivity index (χ4n) is 12.2. The summed E-state index contributed by atoms with van der Waals surface area (Å²) in [5.74, 6) is -0.903. The smallest absolute Gasteiger partial charge is 0.339 e. The van der Waals surface area contributed by atoms with Gasteiger partial charge in [-0.15, -0.1) is 0 Å². The lowest BCUT2D eigenvalue weighted by atomic mass is 9.35. The monoisotopic (exact) mass is 624 g/mol. The standard InChI is InChI=1S/C38H56O7/c1-33(2)26-14-19-36(6)27(35(26,5)17-15-28(33)39)21-25(44-32(42)23-12-10-9-11-22(23)31(40)41)30-24(13-18-37(30,36)7)38(8)20-16-29(45-38)34(3,4)43/h9-12,24-30,39,43H,13-21H2,1-8H3,(H,40,41)/t24-,25+,26-,27+,28-,29+,30-,35-,36+,37+,38-/m0/s1. The number of hydrogen-bond acceptors (Lipinski definition) is 6. The average Bonchev–Trinajstić information content (AvgIpc) is 3.55. The molecule has 0 unspecified atom stereocenters. The Morgan fingerprint density at radius 1 is 0.867 bits per heavy atom. The summed E-state index contributed by atoms with van der Waals surface area (Å²) >= 11 is 0. The van der Waals surface area contributed by atoms with Crippen LogP contribution in [-0.4, -0.2) is 56.8 Å². The number of rotatable bonds is 5.